The van der Waals surface area contributed by atoms with Gasteiger partial charge in [-0.1, -0.05) is 63.2 Å². The van der Waals surface area contributed by atoms with Crippen LogP contribution in [0.3, 0.4) is 0 Å². The zero-order valence-electron chi connectivity index (χ0n) is 29.0. The summed E-state index contributed by atoms with van der Waals surface area (Å²) in [5.41, 5.74) is 7.88. The van der Waals surface area contributed by atoms with Crippen LogP contribution in [0, 0.1) is 0 Å². The Balaban J connectivity index is 1.36. The number of benzene rings is 2. The van der Waals surface area contributed by atoms with Crippen LogP contribution in [0.2, 0.25) is 0 Å². The van der Waals surface area contributed by atoms with Crippen molar-refractivity contribution in [3.8, 4) is 0 Å². The van der Waals surface area contributed by atoms with Crippen molar-refractivity contribution in [2.75, 3.05) is 44.8 Å². The molecule has 2 aliphatic rings. The van der Waals surface area contributed by atoms with E-state index in [9.17, 15) is 9.59 Å². The van der Waals surface area contributed by atoms with E-state index in [0.29, 0.717) is 19.5 Å². The monoisotopic (exact) mass is 627 g/mol. The van der Waals surface area contributed by atoms with E-state index in [0.717, 1.165) is 51.6 Å². The van der Waals surface area contributed by atoms with Gasteiger partial charge in [-0.05, 0) is 63.7 Å². The van der Waals surface area contributed by atoms with Crippen LogP contribution in [-0.2, 0) is 25.2 Å². The Hall–Kier alpha value is -3.71. The van der Waals surface area contributed by atoms with Crippen LogP contribution in [0.1, 0.15) is 90.7 Å². The second kappa shape index (κ2) is 16.2. The molecule has 0 aliphatic carbocycles. The molecule has 2 aromatic rings. The maximum Gasteiger partial charge on any atom is 0.245 e. The molecule has 7 heteroatoms. The maximum absolute atomic E-state index is 12.4. The number of anilines is 1. The molecular weight excluding hydrogens is 572 g/mol. The topological polar surface area (TPSA) is 73.7 Å². The number of allylic oxidation sites excluding steroid dienone is 4. The molecule has 46 heavy (non-hydrogen) atoms. The predicted octanol–water partition coefficient (Wildman–Crippen LogP) is 6.93. The third kappa shape index (κ3) is 8.16. The minimum atomic E-state index is -0.108. The van der Waals surface area contributed by atoms with Gasteiger partial charge >= 0.3 is 0 Å². The van der Waals surface area contributed by atoms with Crippen LogP contribution in [0.25, 0.3) is 0 Å². The lowest BCUT2D eigenvalue weighted by atomic mass is 9.81. The lowest BCUT2D eigenvalue weighted by Crippen LogP contribution is -2.29. The molecule has 0 saturated carbocycles. The molecule has 2 amide bonds. The first-order valence-corrected chi connectivity index (χ1v) is 17.2. The number of methoxy groups -OCH3 is 1. The van der Waals surface area contributed by atoms with Crippen LogP contribution in [0.4, 0.5) is 11.4 Å². The number of fused-ring (bicyclic) bond motifs is 2. The first-order chi connectivity index (χ1) is 22.1. The van der Waals surface area contributed by atoms with Gasteiger partial charge in [0.05, 0.1) is 5.41 Å². The summed E-state index contributed by atoms with van der Waals surface area (Å²) in [6.07, 6.45) is 13.1. The molecule has 0 radical (unpaired) electrons. The lowest BCUT2D eigenvalue weighted by molar-refractivity contribution is -0.438. The average Bonchev–Trinajstić information content (AvgIpc) is 3.38. The van der Waals surface area contributed by atoms with E-state index >= 15 is 0 Å². The van der Waals surface area contributed by atoms with Crippen LogP contribution in [0.15, 0.2) is 72.5 Å². The molecule has 0 aromatic heterocycles. The van der Waals surface area contributed by atoms with Crippen molar-refractivity contribution in [3.05, 3.63) is 83.6 Å². The van der Waals surface area contributed by atoms with Gasteiger partial charge in [-0.15, -0.1) is 0 Å². The highest BCUT2D eigenvalue weighted by Gasteiger charge is 2.44. The molecule has 0 bridgehead atoms. The second-order valence-corrected chi connectivity index (χ2v) is 13.5. The second-order valence-electron chi connectivity index (χ2n) is 13.5. The summed E-state index contributed by atoms with van der Waals surface area (Å²) in [5, 5.41) is 5.82. The third-order valence-electron chi connectivity index (χ3n) is 9.36. The number of nitrogens with zero attached hydrogens (tertiary/aromatic N) is 2. The van der Waals surface area contributed by atoms with Crippen molar-refractivity contribution in [1.82, 2.24) is 10.6 Å². The number of hydrogen-bond donors (Lipinski definition) is 2. The Morgan fingerprint density at radius 3 is 2.24 bits per heavy atom. The normalized spacial score (nSPS) is 17.1. The van der Waals surface area contributed by atoms with Crippen LogP contribution < -0.4 is 15.5 Å². The summed E-state index contributed by atoms with van der Waals surface area (Å²) in [6, 6.07) is 17.6. The number of unbranched alkanes of at least 4 members (excludes halogenated alkanes) is 3. The largest absolute Gasteiger partial charge is 0.375 e. The predicted molar refractivity (Wildman–Crippen MR) is 189 cm³/mol. The number of ether oxygens (including phenoxy) is 1. The van der Waals surface area contributed by atoms with E-state index in [4.69, 9.17) is 4.74 Å². The number of hydrogen-bond acceptors (Lipinski definition) is 4. The van der Waals surface area contributed by atoms with Crippen molar-refractivity contribution in [2.45, 2.75) is 90.4 Å². The smallest absolute Gasteiger partial charge is 0.245 e. The van der Waals surface area contributed by atoms with E-state index in [1.165, 1.54) is 41.0 Å². The van der Waals surface area contributed by atoms with Crippen LogP contribution in [-0.4, -0.2) is 62.0 Å². The fourth-order valence-corrected chi connectivity index (χ4v) is 6.93. The van der Waals surface area contributed by atoms with Gasteiger partial charge in [0.2, 0.25) is 17.5 Å². The molecule has 248 valence electrons. The van der Waals surface area contributed by atoms with E-state index in [-0.39, 0.29) is 29.3 Å². The number of nitrogens with one attached hydrogen (secondary N) is 2. The highest BCUT2D eigenvalue weighted by Crippen LogP contribution is 2.47. The number of para-hydroxylation sites is 2. The Morgan fingerprint density at radius 1 is 0.848 bits per heavy atom. The van der Waals surface area contributed by atoms with Crippen molar-refractivity contribution in [2.24, 2.45) is 0 Å². The number of rotatable bonds is 17. The Morgan fingerprint density at radius 2 is 1.52 bits per heavy atom. The molecule has 2 aliphatic heterocycles. The van der Waals surface area contributed by atoms with Gasteiger partial charge in [-0.25, -0.2) is 0 Å². The number of carbonyl (C=O) groups excluding carboxylic acids is 2. The van der Waals surface area contributed by atoms with E-state index in [1.54, 1.807) is 0 Å². The van der Waals surface area contributed by atoms with Gasteiger partial charge < -0.3 is 20.3 Å². The molecule has 2 N–H and O–H groups in total. The maximum atomic E-state index is 12.4. The molecule has 0 atom stereocenters. The zero-order chi connectivity index (χ0) is 33.2. The minimum Gasteiger partial charge on any atom is -0.375 e. The highest BCUT2D eigenvalue weighted by molar-refractivity contribution is 6.03. The molecule has 0 fully saturated rings. The quantitative estimate of drug-likeness (QED) is 0.147. The number of amides is 2. The standard InChI is InChI=1S/C39H54N4O3/c1-7-27-42-32-20-12-10-18-30(32)38(2,3)34(42)22-17-23-35-39(4,5)31-19-11-13-21-33(31)43(35)28-16-8-9-24-36(44)40-25-14-15-26-41-37(45)29-46-6/h10-13,17-23H,7-9,14-16,24-29H2,1-6H3,(H-,40,41,44,45)/p+1. The summed E-state index contributed by atoms with van der Waals surface area (Å²) in [5.74, 6) is -0.00260. The SMILES string of the molecule is CCCN1/C(=C/C=C/C2=[N+](CCCCCC(=O)NCCCCNC(=O)COC)c3ccccc3C2(C)C)C(C)(C)c2ccccc21. The Kier molecular flexibility index (Phi) is 12.4. The van der Waals surface area contributed by atoms with Gasteiger partial charge in [-0.2, -0.15) is 4.58 Å². The van der Waals surface area contributed by atoms with Crippen molar-refractivity contribution in [1.29, 1.82) is 0 Å². The fourth-order valence-electron chi connectivity index (χ4n) is 6.93. The number of carbonyl (C=O) groups is 2. The zero-order valence-corrected chi connectivity index (χ0v) is 29.0. The Bertz CT molecular complexity index is 1450. The molecule has 0 saturated heterocycles. The first kappa shape index (κ1) is 35.1. The molecule has 0 unspecified atom stereocenters. The van der Waals surface area contributed by atoms with Crippen LogP contribution >= 0.6 is 0 Å². The molecule has 7 nitrogen and oxygen atoms in total. The highest BCUT2D eigenvalue weighted by atomic mass is 16.5. The molecule has 2 aromatic carbocycles. The minimum absolute atomic E-state index is 0.0529. The molecule has 2 heterocycles. The third-order valence-corrected chi connectivity index (χ3v) is 9.36. The molecule has 0 spiro atoms. The van der Waals surface area contributed by atoms with E-state index in [1.807, 2.05) is 0 Å². The van der Waals surface area contributed by atoms with Crippen molar-refractivity contribution in [3.63, 3.8) is 0 Å². The van der Waals surface area contributed by atoms with Crippen molar-refractivity contribution < 1.29 is 18.9 Å². The Labute approximate surface area is 276 Å². The molecular formula is C39H55N4O3+. The summed E-state index contributed by atoms with van der Waals surface area (Å²) < 4.78 is 7.30. The summed E-state index contributed by atoms with van der Waals surface area (Å²) in [6.45, 7) is 14.8. The van der Waals surface area contributed by atoms with Crippen LogP contribution in [0.5, 0.6) is 0 Å². The van der Waals surface area contributed by atoms with Gasteiger partial charge in [0.1, 0.15) is 13.2 Å². The van der Waals surface area contributed by atoms with E-state index in [2.05, 4.69) is 121 Å². The van der Waals surface area contributed by atoms with Gasteiger partial charge in [0.25, 0.3) is 0 Å². The first-order valence-electron chi connectivity index (χ1n) is 17.2. The van der Waals surface area contributed by atoms with Gasteiger partial charge in [-0.3, -0.25) is 9.59 Å². The summed E-state index contributed by atoms with van der Waals surface area (Å²) >= 11 is 0. The van der Waals surface area contributed by atoms with Gasteiger partial charge in [0, 0.05) is 74.1 Å². The summed E-state index contributed by atoms with van der Waals surface area (Å²) in [7, 11) is 1.51. The molecule has 4 rings (SSSR count). The van der Waals surface area contributed by atoms with Gasteiger partial charge in [0.15, 0.2) is 5.71 Å². The van der Waals surface area contributed by atoms with E-state index < -0.39 is 0 Å². The summed E-state index contributed by atoms with van der Waals surface area (Å²) in [4.78, 5) is 26.3. The average molecular weight is 628 g/mol. The lowest BCUT2D eigenvalue weighted by Gasteiger charge is -2.26. The fraction of sp³-hybridized carbons (Fsp3) is 0.513. The van der Waals surface area contributed by atoms with Crippen molar-refractivity contribution >= 4 is 28.9 Å².